The molecule has 0 radical (unpaired) electrons. The summed E-state index contributed by atoms with van der Waals surface area (Å²) in [5, 5.41) is 6.15. The minimum atomic E-state index is -0.814. The molecule has 192 valence electrons. The summed E-state index contributed by atoms with van der Waals surface area (Å²) < 4.78 is 0. The van der Waals surface area contributed by atoms with E-state index in [9.17, 15) is 14.4 Å². The lowest BCUT2D eigenvalue weighted by molar-refractivity contribution is -0.143. The van der Waals surface area contributed by atoms with E-state index in [0.29, 0.717) is 42.3 Å². The maximum atomic E-state index is 13.7. The first-order chi connectivity index (χ1) is 17.7. The molecular formula is C28H32N6O3. The van der Waals surface area contributed by atoms with Crippen LogP contribution < -0.4 is 10.6 Å². The monoisotopic (exact) mass is 500 g/mol. The zero-order valence-electron chi connectivity index (χ0n) is 21.4. The number of amides is 2. The molecule has 1 aliphatic heterocycles. The predicted octanol–water partition coefficient (Wildman–Crippen LogP) is 3.69. The Balaban J connectivity index is 1.55. The number of ketones is 1. The third-order valence-electron chi connectivity index (χ3n) is 7.18. The topological polar surface area (TPSA) is 110 Å². The number of rotatable bonds is 5. The molecule has 1 fully saturated rings. The molecule has 1 unspecified atom stereocenters. The zero-order valence-corrected chi connectivity index (χ0v) is 21.4. The summed E-state index contributed by atoms with van der Waals surface area (Å²) in [5.74, 6) is 0.171. The number of carbonyl (C=O) groups is 3. The van der Waals surface area contributed by atoms with Crippen LogP contribution in [-0.2, 0) is 16.0 Å². The molecule has 37 heavy (non-hydrogen) atoms. The Hall–Kier alpha value is -3.98. The number of H-pyrrole nitrogens is 1. The van der Waals surface area contributed by atoms with Gasteiger partial charge in [-0.15, -0.1) is 0 Å². The first-order valence-corrected chi connectivity index (χ1v) is 12.6. The standard InChI is InChI=1S/C28H32N6O3/c1-18(35)30-23-15-19(9-10-29-23)25-26(31-20-7-5-4-6-8-20)24-21(32-25)16-28(2,17-22(24)36)27(37)34-13-11-33(3)12-14-34/h4-10,15,31-32H,11-14,16-17H2,1-3H3,(H,29,30,35). The third-order valence-corrected chi connectivity index (χ3v) is 7.18. The first-order valence-electron chi connectivity index (χ1n) is 12.6. The second-order valence-electron chi connectivity index (χ2n) is 10.3. The van der Waals surface area contributed by atoms with Gasteiger partial charge in [0, 0.05) is 69.1 Å². The van der Waals surface area contributed by atoms with E-state index in [1.165, 1.54) is 6.92 Å². The van der Waals surface area contributed by atoms with Crippen molar-refractivity contribution in [3.8, 4) is 11.3 Å². The highest BCUT2D eigenvalue weighted by atomic mass is 16.2. The highest BCUT2D eigenvalue weighted by molar-refractivity contribution is 6.10. The highest BCUT2D eigenvalue weighted by Gasteiger charge is 2.45. The Morgan fingerprint density at radius 2 is 1.78 bits per heavy atom. The number of fused-ring (bicyclic) bond motifs is 1. The average Bonchev–Trinajstić information content (AvgIpc) is 3.22. The average molecular weight is 501 g/mol. The molecule has 9 heteroatoms. The molecular weight excluding hydrogens is 468 g/mol. The molecule has 3 heterocycles. The van der Waals surface area contributed by atoms with Crippen LogP contribution in [0.25, 0.3) is 11.3 Å². The molecule has 3 N–H and O–H groups in total. The van der Waals surface area contributed by atoms with E-state index >= 15 is 0 Å². The number of hydrogen-bond donors (Lipinski definition) is 3. The lowest BCUT2D eigenvalue weighted by Crippen LogP contribution is -2.53. The Morgan fingerprint density at radius 3 is 2.49 bits per heavy atom. The van der Waals surface area contributed by atoms with Crippen molar-refractivity contribution in [1.29, 1.82) is 0 Å². The van der Waals surface area contributed by atoms with Crippen molar-refractivity contribution in [1.82, 2.24) is 19.8 Å². The maximum Gasteiger partial charge on any atom is 0.229 e. The van der Waals surface area contributed by atoms with E-state index in [-0.39, 0.29) is 24.0 Å². The van der Waals surface area contributed by atoms with Gasteiger partial charge in [-0.2, -0.15) is 0 Å². The van der Waals surface area contributed by atoms with Crippen molar-refractivity contribution in [3.05, 3.63) is 59.9 Å². The van der Waals surface area contributed by atoms with Gasteiger partial charge >= 0.3 is 0 Å². The van der Waals surface area contributed by atoms with Crippen LogP contribution in [0.1, 0.15) is 36.3 Å². The fourth-order valence-electron chi connectivity index (χ4n) is 5.27. The molecule has 3 aromatic rings. The van der Waals surface area contributed by atoms with Crippen LogP contribution in [-0.4, -0.2) is 70.6 Å². The van der Waals surface area contributed by atoms with Crippen molar-refractivity contribution in [2.45, 2.75) is 26.7 Å². The number of benzene rings is 1. The van der Waals surface area contributed by atoms with Crippen LogP contribution in [0.5, 0.6) is 0 Å². The van der Waals surface area contributed by atoms with Gasteiger partial charge in [-0.25, -0.2) is 4.98 Å². The third kappa shape index (κ3) is 4.99. The smallest absolute Gasteiger partial charge is 0.229 e. The van der Waals surface area contributed by atoms with Gasteiger partial charge in [0.2, 0.25) is 11.8 Å². The molecule has 0 bridgehead atoms. The molecule has 2 aliphatic rings. The molecule has 1 atom stereocenters. The number of likely N-dealkylation sites (N-methyl/N-ethyl adjacent to an activating group) is 1. The lowest BCUT2D eigenvalue weighted by Gasteiger charge is -2.40. The number of Topliss-reactive ketones (excluding diaryl/α,β-unsaturated/α-hetero) is 1. The largest absolute Gasteiger partial charge is 0.356 e. The molecule has 1 aliphatic carbocycles. The maximum absolute atomic E-state index is 13.7. The van der Waals surface area contributed by atoms with E-state index in [1.54, 1.807) is 12.3 Å². The number of hydrogen-bond acceptors (Lipinski definition) is 6. The van der Waals surface area contributed by atoms with Crippen LogP contribution in [0.3, 0.4) is 0 Å². The highest BCUT2D eigenvalue weighted by Crippen LogP contribution is 2.44. The van der Waals surface area contributed by atoms with E-state index in [0.717, 1.165) is 30.0 Å². The van der Waals surface area contributed by atoms with Gasteiger partial charge in [-0.3, -0.25) is 14.4 Å². The van der Waals surface area contributed by atoms with Gasteiger partial charge in [0.25, 0.3) is 0 Å². The quantitative estimate of drug-likeness (QED) is 0.493. The van der Waals surface area contributed by atoms with Crippen molar-refractivity contribution >= 4 is 34.8 Å². The Bertz CT molecular complexity index is 1340. The first kappa shape index (κ1) is 24.7. The van der Waals surface area contributed by atoms with E-state index in [4.69, 9.17) is 0 Å². The molecule has 1 aromatic carbocycles. The number of anilines is 3. The molecule has 2 aromatic heterocycles. The zero-order chi connectivity index (χ0) is 26.2. The summed E-state index contributed by atoms with van der Waals surface area (Å²) in [5.41, 5.74) is 3.51. The molecule has 2 amide bonds. The van der Waals surface area contributed by atoms with Crippen molar-refractivity contribution in [2.75, 3.05) is 43.9 Å². The normalized spacial score (nSPS) is 19.9. The SMILES string of the molecule is CC(=O)Nc1cc(-c2[nH]c3c(c2Nc2ccccc2)C(=O)CC(C)(C(=O)N2CCN(C)CC2)C3)ccn1. The fraction of sp³-hybridized carbons (Fsp3) is 0.357. The number of nitrogens with zero attached hydrogens (tertiary/aromatic N) is 3. The second-order valence-corrected chi connectivity index (χ2v) is 10.3. The number of aromatic amines is 1. The minimum absolute atomic E-state index is 0.0326. The van der Waals surface area contributed by atoms with Crippen LogP contribution in [0.4, 0.5) is 17.2 Å². The number of pyridine rings is 1. The Kier molecular flexibility index (Phi) is 6.55. The van der Waals surface area contributed by atoms with Gasteiger partial charge < -0.3 is 25.4 Å². The van der Waals surface area contributed by atoms with Crippen LogP contribution >= 0.6 is 0 Å². The summed E-state index contributed by atoms with van der Waals surface area (Å²) >= 11 is 0. The molecule has 1 saturated heterocycles. The van der Waals surface area contributed by atoms with Gasteiger partial charge in [0.1, 0.15) is 5.82 Å². The predicted molar refractivity (Wildman–Crippen MR) is 143 cm³/mol. The Morgan fingerprint density at radius 1 is 1.05 bits per heavy atom. The summed E-state index contributed by atoms with van der Waals surface area (Å²) in [6, 6.07) is 13.3. The van der Waals surface area contributed by atoms with Crippen LogP contribution in [0, 0.1) is 5.41 Å². The molecule has 0 spiro atoms. The summed E-state index contributed by atoms with van der Waals surface area (Å²) in [6.07, 6.45) is 2.21. The fourth-order valence-corrected chi connectivity index (χ4v) is 5.27. The Labute approximate surface area is 216 Å². The minimum Gasteiger partial charge on any atom is -0.356 e. The number of aromatic nitrogens is 2. The summed E-state index contributed by atoms with van der Waals surface area (Å²) in [7, 11) is 2.05. The lowest BCUT2D eigenvalue weighted by atomic mass is 9.73. The van der Waals surface area contributed by atoms with Gasteiger partial charge in [0.05, 0.1) is 22.4 Å². The summed E-state index contributed by atoms with van der Waals surface area (Å²) in [6.45, 7) is 6.34. The van der Waals surface area contributed by atoms with Crippen molar-refractivity contribution < 1.29 is 14.4 Å². The number of carbonyl (C=O) groups excluding carboxylic acids is 3. The molecule has 0 saturated carbocycles. The van der Waals surface area contributed by atoms with E-state index in [1.807, 2.05) is 48.2 Å². The van der Waals surface area contributed by atoms with Crippen LogP contribution in [0.2, 0.25) is 0 Å². The van der Waals surface area contributed by atoms with Crippen LogP contribution in [0.15, 0.2) is 48.7 Å². The molecule has 5 rings (SSSR count). The molecule has 9 nitrogen and oxygen atoms in total. The van der Waals surface area contributed by atoms with Crippen molar-refractivity contribution in [3.63, 3.8) is 0 Å². The number of nitrogens with one attached hydrogen (secondary N) is 3. The number of piperazine rings is 1. The second kappa shape index (κ2) is 9.82. The number of para-hydroxylation sites is 1. The van der Waals surface area contributed by atoms with Crippen molar-refractivity contribution in [2.24, 2.45) is 5.41 Å². The van der Waals surface area contributed by atoms with E-state index in [2.05, 4.69) is 32.5 Å². The van der Waals surface area contributed by atoms with E-state index < -0.39 is 5.41 Å². The van der Waals surface area contributed by atoms with Gasteiger partial charge in [-0.1, -0.05) is 18.2 Å². The van der Waals surface area contributed by atoms with Gasteiger partial charge in [0.15, 0.2) is 5.78 Å². The summed E-state index contributed by atoms with van der Waals surface area (Å²) in [4.78, 5) is 50.7. The van der Waals surface area contributed by atoms with Gasteiger partial charge in [-0.05, 0) is 38.2 Å².